The SMILES string of the molecule is COc1cc(N)ccc1S(=O)CCCn1ccnc1. The molecule has 1 aromatic carbocycles. The van der Waals surface area contributed by atoms with Crippen molar-refractivity contribution in [2.45, 2.75) is 17.9 Å². The number of hydrogen-bond acceptors (Lipinski definition) is 4. The summed E-state index contributed by atoms with van der Waals surface area (Å²) in [5.74, 6) is 1.17. The maximum atomic E-state index is 12.2. The van der Waals surface area contributed by atoms with Crippen LogP contribution in [-0.4, -0.2) is 26.6 Å². The fourth-order valence-corrected chi connectivity index (χ4v) is 2.98. The average Bonchev–Trinajstić information content (AvgIpc) is 2.91. The summed E-state index contributed by atoms with van der Waals surface area (Å²) < 4.78 is 19.4. The first-order valence-electron chi connectivity index (χ1n) is 5.98. The second-order valence-corrected chi connectivity index (χ2v) is 5.65. The van der Waals surface area contributed by atoms with Crippen LogP contribution in [0.25, 0.3) is 0 Å². The lowest BCUT2D eigenvalue weighted by molar-refractivity contribution is 0.404. The van der Waals surface area contributed by atoms with Crippen LogP contribution in [0.3, 0.4) is 0 Å². The topological polar surface area (TPSA) is 70.1 Å². The third kappa shape index (κ3) is 3.57. The Morgan fingerprint density at radius 1 is 1.47 bits per heavy atom. The second-order valence-electron chi connectivity index (χ2n) is 4.11. The van der Waals surface area contributed by atoms with Gasteiger partial charge in [0.2, 0.25) is 0 Å². The molecule has 0 spiro atoms. The van der Waals surface area contributed by atoms with Gasteiger partial charge in [0.15, 0.2) is 0 Å². The molecular formula is C13H17N3O2S. The van der Waals surface area contributed by atoms with E-state index in [1.807, 2.05) is 10.8 Å². The number of imidazole rings is 1. The summed E-state index contributed by atoms with van der Waals surface area (Å²) in [4.78, 5) is 4.67. The van der Waals surface area contributed by atoms with Crippen molar-refractivity contribution in [1.29, 1.82) is 0 Å². The third-order valence-corrected chi connectivity index (χ3v) is 4.23. The lowest BCUT2D eigenvalue weighted by Crippen LogP contribution is -2.05. The monoisotopic (exact) mass is 279 g/mol. The lowest BCUT2D eigenvalue weighted by atomic mass is 10.3. The van der Waals surface area contributed by atoms with Gasteiger partial charge >= 0.3 is 0 Å². The predicted octanol–water partition coefficient (Wildman–Crippen LogP) is 1.67. The van der Waals surface area contributed by atoms with Gasteiger partial charge in [-0.3, -0.25) is 4.21 Å². The Morgan fingerprint density at radius 2 is 2.32 bits per heavy atom. The highest BCUT2D eigenvalue weighted by Crippen LogP contribution is 2.25. The Morgan fingerprint density at radius 3 is 3.00 bits per heavy atom. The summed E-state index contributed by atoms with van der Waals surface area (Å²) in [6.45, 7) is 0.809. The number of benzene rings is 1. The van der Waals surface area contributed by atoms with Crippen molar-refractivity contribution in [3.63, 3.8) is 0 Å². The number of ether oxygens (including phenoxy) is 1. The molecule has 1 unspecified atom stereocenters. The molecule has 2 N–H and O–H groups in total. The van der Waals surface area contributed by atoms with E-state index in [2.05, 4.69) is 4.98 Å². The van der Waals surface area contributed by atoms with Crippen molar-refractivity contribution >= 4 is 16.5 Å². The van der Waals surface area contributed by atoms with Gasteiger partial charge in [0.1, 0.15) is 5.75 Å². The minimum absolute atomic E-state index is 0.582. The summed E-state index contributed by atoms with van der Waals surface area (Å²) >= 11 is 0. The summed E-state index contributed by atoms with van der Waals surface area (Å²) in [5.41, 5.74) is 6.29. The van der Waals surface area contributed by atoms with Gasteiger partial charge in [0.25, 0.3) is 0 Å². The molecule has 0 aliphatic carbocycles. The molecule has 0 bridgehead atoms. The Hall–Kier alpha value is -1.82. The number of nitrogens with two attached hydrogens (primary N) is 1. The zero-order chi connectivity index (χ0) is 13.7. The third-order valence-electron chi connectivity index (χ3n) is 2.74. The van der Waals surface area contributed by atoms with Gasteiger partial charge in [0.05, 0.1) is 29.1 Å². The van der Waals surface area contributed by atoms with Crippen molar-refractivity contribution in [1.82, 2.24) is 9.55 Å². The molecule has 102 valence electrons. The number of methoxy groups -OCH3 is 1. The normalized spacial score (nSPS) is 12.3. The van der Waals surface area contributed by atoms with E-state index in [-0.39, 0.29) is 0 Å². The smallest absolute Gasteiger partial charge is 0.137 e. The van der Waals surface area contributed by atoms with Crippen LogP contribution in [0.5, 0.6) is 5.75 Å². The fourth-order valence-electron chi connectivity index (χ4n) is 1.78. The van der Waals surface area contributed by atoms with Crippen LogP contribution in [0.15, 0.2) is 41.8 Å². The molecule has 1 aromatic heterocycles. The fraction of sp³-hybridized carbons (Fsp3) is 0.308. The summed E-state index contributed by atoms with van der Waals surface area (Å²) in [7, 11) is 0.478. The molecule has 5 nitrogen and oxygen atoms in total. The number of aryl methyl sites for hydroxylation is 1. The van der Waals surface area contributed by atoms with Gasteiger partial charge in [-0.25, -0.2) is 4.98 Å². The van der Waals surface area contributed by atoms with E-state index in [0.29, 0.717) is 22.1 Å². The van der Waals surface area contributed by atoms with Crippen molar-refractivity contribution in [2.24, 2.45) is 0 Å². The molecule has 1 atom stereocenters. The molecule has 6 heteroatoms. The first kappa shape index (κ1) is 13.6. The molecule has 2 rings (SSSR count). The van der Waals surface area contributed by atoms with Crippen molar-refractivity contribution in [3.05, 3.63) is 36.9 Å². The Kier molecular flexibility index (Phi) is 4.57. The van der Waals surface area contributed by atoms with E-state index in [9.17, 15) is 4.21 Å². The molecule has 0 fully saturated rings. The van der Waals surface area contributed by atoms with Gasteiger partial charge in [0, 0.05) is 36.4 Å². The van der Waals surface area contributed by atoms with E-state index in [4.69, 9.17) is 10.5 Å². The van der Waals surface area contributed by atoms with E-state index in [0.717, 1.165) is 13.0 Å². The molecular weight excluding hydrogens is 262 g/mol. The number of hydrogen-bond donors (Lipinski definition) is 1. The van der Waals surface area contributed by atoms with Gasteiger partial charge in [-0.05, 0) is 18.6 Å². The first-order valence-corrected chi connectivity index (χ1v) is 7.30. The molecule has 0 amide bonds. The van der Waals surface area contributed by atoms with Crippen LogP contribution in [0, 0.1) is 0 Å². The Labute approximate surface area is 114 Å². The first-order chi connectivity index (χ1) is 9.20. The molecule has 0 aliphatic heterocycles. The second kappa shape index (κ2) is 6.38. The largest absolute Gasteiger partial charge is 0.495 e. The summed E-state index contributed by atoms with van der Waals surface area (Å²) in [6.07, 6.45) is 6.20. The maximum absolute atomic E-state index is 12.2. The minimum atomic E-state index is -1.08. The number of nitrogens with zero attached hydrogens (tertiary/aromatic N) is 2. The highest BCUT2D eigenvalue weighted by molar-refractivity contribution is 7.85. The zero-order valence-corrected chi connectivity index (χ0v) is 11.6. The van der Waals surface area contributed by atoms with Crippen LogP contribution in [0.4, 0.5) is 5.69 Å². The molecule has 0 radical (unpaired) electrons. The van der Waals surface area contributed by atoms with Gasteiger partial charge in [-0.1, -0.05) is 0 Å². The van der Waals surface area contributed by atoms with Crippen LogP contribution >= 0.6 is 0 Å². The van der Waals surface area contributed by atoms with Crippen LogP contribution in [0.1, 0.15) is 6.42 Å². The highest BCUT2D eigenvalue weighted by atomic mass is 32.2. The zero-order valence-electron chi connectivity index (χ0n) is 10.8. The Bertz CT molecular complexity index is 555. The van der Waals surface area contributed by atoms with E-state index in [1.54, 1.807) is 37.8 Å². The van der Waals surface area contributed by atoms with Crippen molar-refractivity contribution in [2.75, 3.05) is 18.6 Å². The van der Waals surface area contributed by atoms with E-state index in [1.165, 1.54) is 0 Å². The van der Waals surface area contributed by atoms with Gasteiger partial charge in [-0.15, -0.1) is 0 Å². The van der Waals surface area contributed by atoms with Gasteiger partial charge in [-0.2, -0.15) is 0 Å². The molecule has 0 aliphatic rings. The number of anilines is 1. The van der Waals surface area contributed by atoms with Crippen molar-refractivity contribution in [3.8, 4) is 5.75 Å². The standard InChI is InChI=1S/C13H17N3O2S/c1-18-12-9-11(14)3-4-13(12)19(17)8-2-6-16-7-5-15-10-16/h3-5,7,9-10H,2,6,8,14H2,1H3. The summed E-state index contributed by atoms with van der Waals surface area (Å²) in [6, 6.07) is 5.20. The van der Waals surface area contributed by atoms with Crippen molar-refractivity contribution < 1.29 is 8.95 Å². The minimum Gasteiger partial charge on any atom is -0.495 e. The lowest BCUT2D eigenvalue weighted by Gasteiger charge is -2.09. The molecule has 2 aromatic rings. The van der Waals surface area contributed by atoms with E-state index < -0.39 is 10.8 Å². The Balaban J connectivity index is 1.96. The number of rotatable bonds is 6. The van der Waals surface area contributed by atoms with Crippen LogP contribution in [0.2, 0.25) is 0 Å². The molecule has 19 heavy (non-hydrogen) atoms. The van der Waals surface area contributed by atoms with E-state index >= 15 is 0 Å². The highest BCUT2D eigenvalue weighted by Gasteiger charge is 2.10. The predicted molar refractivity (Wildman–Crippen MR) is 75.5 cm³/mol. The number of nitrogen functional groups attached to an aromatic ring is 1. The van der Waals surface area contributed by atoms with Crippen LogP contribution in [-0.2, 0) is 17.3 Å². The molecule has 1 heterocycles. The quantitative estimate of drug-likeness (QED) is 0.817. The molecule has 0 saturated carbocycles. The number of aromatic nitrogens is 2. The molecule has 0 saturated heterocycles. The summed E-state index contributed by atoms with van der Waals surface area (Å²) in [5, 5.41) is 0. The average molecular weight is 279 g/mol. The maximum Gasteiger partial charge on any atom is 0.137 e. The van der Waals surface area contributed by atoms with Gasteiger partial charge < -0.3 is 15.0 Å². The van der Waals surface area contributed by atoms with Crippen LogP contribution < -0.4 is 10.5 Å².